The van der Waals surface area contributed by atoms with Crippen molar-refractivity contribution in [3.8, 4) is 23.5 Å². The summed E-state index contributed by atoms with van der Waals surface area (Å²) in [7, 11) is 0. The molecule has 0 spiro atoms. The minimum absolute atomic E-state index is 0.203. The van der Waals surface area contributed by atoms with Gasteiger partial charge in [0.2, 0.25) is 0 Å². The van der Waals surface area contributed by atoms with E-state index in [1.165, 1.54) is 61.3 Å². The monoisotopic (exact) mass is 718 g/mol. The zero-order chi connectivity index (χ0) is 33.1. The van der Waals surface area contributed by atoms with Crippen LogP contribution in [0.2, 0.25) is 0 Å². The van der Waals surface area contributed by atoms with Crippen LogP contribution >= 0.6 is 11.3 Å². The third kappa shape index (κ3) is 3.79. The van der Waals surface area contributed by atoms with E-state index in [1.54, 1.807) is 0 Å². The second-order valence-electron chi connectivity index (χ2n) is 12.8. The van der Waals surface area contributed by atoms with Gasteiger partial charge in [0.1, 0.15) is 0 Å². The standard InChI is InChI=1S/C44H22N4SSe/c45-23-25-9-13-38-31(17-25)32-18-26(24-46)10-14-39(32)47(38)27-11-15-43-35(19-27)36-20-28(12-16-44(36)50-43)48-37-7-3-1-5-29(37)33-22-42-34(21-40(33)48)30-6-2-4-8-41(30)49-42/h1-22H. The summed E-state index contributed by atoms with van der Waals surface area (Å²) >= 11 is 2.07. The summed E-state index contributed by atoms with van der Waals surface area (Å²) in [5.74, 6) is 0. The maximum atomic E-state index is 9.67. The van der Waals surface area contributed by atoms with E-state index in [4.69, 9.17) is 0 Å². The summed E-state index contributed by atoms with van der Waals surface area (Å²) in [6, 6.07) is 52.3. The van der Waals surface area contributed by atoms with Crippen molar-refractivity contribution in [1.29, 1.82) is 10.5 Å². The van der Waals surface area contributed by atoms with E-state index in [2.05, 4.69) is 118 Å². The Morgan fingerprint density at radius 2 is 0.980 bits per heavy atom. The van der Waals surface area contributed by atoms with Gasteiger partial charge in [0, 0.05) is 0 Å². The van der Waals surface area contributed by atoms with Crippen molar-refractivity contribution >= 4 is 109 Å². The van der Waals surface area contributed by atoms with Gasteiger partial charge in [0.15, 0.2) is 0 Å². The zero-order valence-electron chi connectivity index (χ0n) is 26.3. The summed E-state index contributed by atoms with van der Waals surface area (Å²) < 4.78 is 10.1. The molecule has 4 nitrogen and oxygen atoms in total. The molecule has 0 unspecified atom stereocenters. The minimum atomic E-state index is 0.203. The van der Waals surface area contributed by atoms with Gasteiger partial charge in [-0.1, -0.05) is 0 Å². The van der Waals surface area contributed by atoms with Crippen LogP contribution in [0.3, 0.4) is 0 Å². The fourth-order valence-corrected chi connectivity index (χ4v) is 11.3. The summed E-state index contributed by atoms with van der Waals surface area (Å²) in [6.07, 6.45) is 0. The molecule has 0 amide bonds. The van der Waals surface area contributed by atoms with E-state index in [1.807, 2.05) is 47.7 Å². The van der Waals surface area contributed by atoms with Crippen LogP contribution in [0.1, 0.15) is 11.1 Å². The van der Waals surface area contributed by atoms with Gasteiger partial charge in [-0.15, -0.1) is 0 Å². The first-order chi connectivity index (χ1) is 24.7. The molecule has 7 aromatic carbocycles. The number of nitrogens with zero attached hydrogens (tertiary/aromatic N) is 4. The fraction of sp³-hybridized carbons (Fsp3) is 0. The van der Waals surface area contributed by atoms with Gasteiger partial charge in [-0.3, -0.25) is 0 Å². The number of benzene rings is 7. The van der Waals surface area contributed by atoms with Crippen LogP contribution in [0.4, 0.5) is 0 Å². The quantitative estimate of drug-likeness (QED) is 0.167. The van der Waals surface area contributed by atoms with Gasteiger partial charge in [0.05, 0.1) is 0 Å². The molecule has 0 N–H and O–H groups in total. The Kier molecular flexibility index (Phi) is 5.66. The van der Waals surface area contributed by atoms with Crippen molar-refractivity contribution in [2.24, 2.45) is 0 Å². The molecule has 230 valence electrons. The van der Waals surface area contributed by atoms with E-state index in [0.29, 0.717) is 11.1 Å². The maximum absolute atomic E-state index is 9.67. The van der Waals surface area contributed by atoms with E-state index < -0.39 is 0 Å². The van der Waals surface area contributed by atoms with Gasteiger partial charge in [-0.05, 0) is 0 Å². The molecular formula is C44H22N4SSe. The van der Waals surface area contributed by atoms with Crippen molar-refractivity contribution in [3.63, 3.8) is 0 Å². The van der Waals surface area contributed by atoms with Crippen molar-refractivity contribution in [2.75, 3.05) is 0 Å². The molecule has 0 radical (unpaired) electrons. The van der Waals surface area contributed by atoms with Gasteiger partial charge in [-0.25, -0.2) is 0 Å². The van der Waals surface area contributed by atoms with E-state index in [-0.39, 0.29) is 14.5 Å². The average Bonchev–Trinajstić information content (AvgIpc) is 3.90. The number of thiophene rings is 1. The van der Waals surface area contributed by atoms with Crippen molar-refractivity contribution in [2.45, 2.75) is 0 Å². The molecule has 0 fully saturated rings. The van der Waals surface area contributed by atoms with Crippen molar-refractivity contribution in [1.82, 2.24) is 9.13 Å². The molecule has 0 aliphatic rings. The Hall–Kier alpha value is -6.14. The van der Waals surface area contributed by atoms with Crippen LogP contribution < -0.4 is 0 Å². The van der Waals surface area contributed by atoms with Crippen LogP contribution in [0.15, 0.2) is 133 Å². The van der Waals surface area contributed by atoms with Crippen LogP contribution in [0.25, 0.3) is 94.5 Å². The Morgan fingerprint density at radius 1 is 0.420 bits per heavy atom. The molecule has 11 rings (SSSR count). The van der Waals surface area contributed by atoms with E-state index >= 15 is 0 Å². The average molecular weight is 718 g/mol. The molecule has 4 heterocycles. The Morgan fingerprint density at radius 3 is 1.64 bits per heavy atom. The zero-order valence-corrected chi connectivity index (χ0v) is 28.8. The SMILES string of the molecule is N#Cc1ccc2c(c1)c1cc(C#N)ccc1n2-c1ccc2[se]c3ccc(-n4c5ccccc5c5cc6sc7ccccc7c6cc54)cc3c2c1. The van der Waals surface area contributed by atoms with E-state index in [9.17, 15) is 10.5 Å². The molecule has 0 saturated carbocycles. The molecule has 50 heavy (non-hydrogen) atoms. The molecule has 0 aliphatic carbocycles. The van der Waals surface area contributed by atoms with Crippen LogP contribution in [0, 0.1) is 22.7 Å². The number of hydrogen-bond donors (Lipinski definition) is 0. The topological polar surface area (TPSA) is 57.4 Å². The normalized spacial score (nSPS) is 12.0. The molecule has 11 aromatic rings. The molecule has 0 bridgehead atoms. The molecule has 4 aromatic heterocycles. The molecule has 6 heteroatoms. The second kappa shape index (κ2) is 10.2. The second-order valence-corrected chi connectivity index (χ2v) is 16.2. The van der Waals surface area contributed by atoms with Crippen molar-refractivity contribution in [3.05, 3.63) is 145 Å². The van der Waals surface area contributed by atoms with E-state index in [0.717, 1.165) is 33.2 Å². The first kappa shape index (κ1) is 27.8. The summed E-state index contributed by atoms with van der Waals surface area (Å²) in [5, 5.41) is 29.0. The molecular weight excluding hydrogens is 696 g/mol. The summed E-state index contributed by atoms with van der Waals surface area (Å²) in [6.45, 7) is 0. The number of para-hydroxylation sites is 1. The van der Waals surface area contributed by atoms with Crippen LogP contribution in [0.5, 0.6) is 0 Å². The summed E-state index contributed by atoms with van der Waals surface area (Å²) in [5.41, 5.74) is 7.90. The third-order valence-electron chi connectivity index (χ3n) is 10.1. The van der Waals surface area contributed by atoms with Gasteiger partial charge < -0.3 is 0 Å². The van der Waals surface area contributed by atoms with Crippen LogP contribution in [-0.2, 0) is 0 Å². The third-order valence-corrected chi connectivity index (χ3v) is 13.7. The van der Waals surface area contributed by atoms with Gasteiger partial charge in [0.25, 0.3) is 0 Å². The first-order valence-electron chi connectivity index (χ1n) is 16.4. The molecule has 0 saturated heterocycles. The Balaban J connectivity index is 1.17. The number of rotatable bonds is 2. The number of fused-ring (bicyclic) bond motifs is 12. The van der Waals surface area contributed by atoms with Crippen LogP contribution in [-0.4, -0.2) is 23.6 Å². The molecule has 0 atom stereocenters. The predicted molar refractivity (Wildman–Crippen MR) is 209 cm³/mol. The number of aromatic nitrogens is 2. The molecule has 0 aliphatic heterocycles. The Labute approximate surface area is 295 Å². The summed E-state index contributed by atoms with van der Waals surface area (Å²) in [4.78, 5) is 0. The van der Waals surface area contributed by atoms with Gasteiger partial charge >= 0.3 is 297 Å². The number of nitriles is 2. The fourth-order valence-electron chi connectivity index (χ4n) is 7.94. The first-order valence-corrected chi connectivity index (χ1v) is 18.9. The van der Waals surface area contributed by atoms with Gasteiger partial charge in [-0.2, -0.15) is 0 Å². The predicted octanol–water partition coefficient (Wildman–Crippen LogP) is 11.4. The van der Waals surface area contributed by atoms with Crippen molar-refractivity contribution < 1.29 is 0 Å². The Bertz CT molecular complexity index is 3290. The number of hydrogen-bond acceptors (Lipinski definition) is 3.